The number of aliphatic hydroxyl groups is 2. The Labute approximate surface area is 837 Å². The number of likely N-dealkylation sites (tertiary alicyclic amines) is 1. The molecule has 5 aliphatic carbocycles. The lowest BCUT2D eigenvalue weighted by Gasteiger charge is -2.71. The van der Waals surface area contributed by atoms with Crippen molar-refractivity contribution in [3.63, 3.8) is 0 Å². The summed E-state index contributed by atoms with van der Waals surface area (Å²) in [4.78, 5) is 235. The Morgan fingerprint density at radius 2 is 1.20 bits per heavy atom. The predicted molar refractivity (Wildman–Crippen MR) is 534 cm³/mol. The smallest absolute Gasteiger partial charge is 0.407 e. The van der Waals surface area contributed by atoms with E-state index in [-0.39, 0.29) is 121 Å². The highest BCUT2D eigenvalue weighted by Crippen LogP contribution is 2.76. The number of nitrogens with one attached hydrogen (secondary N) is 13. The Bertz CT molecular complexity index is 4960. The minimum absolute atomic E-state index is 0.0155. The van der Waals surface area contributed by atoms with Gasteiger partial charge in [-0.2, -0.15) is 0 Å². The van der Waals surface area contributed by atoms with E-state index in [0.29, 0.717) is 35.8 Å². The number of aliphatic hydroxyl groups excluding tert-OH is 2. The number of nitrogens with zero attached hydrogens (tertiary/aromatic N) is 2. The number of ether oxygens (including phenoxy) is 2. The molecule has 36 nitrogen and oxygen atoms in total. The molecule has 9 rings (SSSR count). The molecule has 7 aliphatic rings. The summed E-state index contributed by atoms with van der Waals surface area (Å²) in [5, 5.41) is 70.0. The van der Waals surface area contributed by atoms with Crippen LogP contribution in [0, 0.1) is 102 Å². The van der Waals surface area contributed by atoms with Crippen LogP contribution >= 0.6 is 0 Å². The topological polar surface area (TPSA) is 518 Å². The van der Waals surface area contributed by atoms with Crippen LogP contribution in [0.4, 0.5) is 10.5 Å². The number of hydrogen-bond donors (Lipinski definition) is 15. The molecule has 2 aromatic rings. The largest absolute Gasteiger partial charge is 0.458 e. The van der Waals surface area contributed by atoms with Crippen LogP contribution in [0.1, 0.15) is 280 Å². The molecule has 142 heavy (non-hydrogen) atoms. The molecular formula is C106H163N15O21. The third-order valence-electron chi connectivity index (χ3n) is 32.9. The van der Waals surface area contributed by atoms with Crippen molar-refractivity contribution in [3.05, 3.63) is 99.3 Å². The number of nitro benzene ring substituents is 1. The molecule has 2 aliphatic heterocycles. The number of non-ortho nitro benzene ring substituents is 1. The maximum Gasteiger partial charge on any atom is 0.407 e. The molecule has 15 N–H and O–H groups in total. The highest BCUT2D eigenvalue weighted by atomic mass is 16.6. The van der Waals surface area contributed by atoms with Crippen molar-refractivity contribution in [1.82, 2.24) is 74.0 Å². The Morgan fingerprint density at radius 3 is 1.80 bits per heavy atom. The van der Waals surface area contributed by atoms with Gasteiger partial charge in [0.2, 0.25) is 70.9 Å². The van der Waals surface area contributed by atoms with Crippen LogP contribution in [0.15, 0.2) is 78.0 Å². The van der Waals surface area contributed by atoms with Crippen molar-refractivity contribution in [2.75, 3.05) is 13.1 Å². The number of carbonyl (C=O) groups excluding carboxylic acids is 15. The molecule has 788 valence electrons. The summed E-state index contributed by atoms with van der Waals surface area (Å²) in [6, 6.07) is -3.60. The molecule has 14 amide bonds. The van der Waals surface area contributed by atoms with Gasteiger partial charge in [0.05, 0.1) is 22.5 Å². The third kappa shape index (κ3) is 26.2. The van der Waals surface area contributed by atoms with E-state index in [2.05, 4.69) is 124 Å². The Balaban J connectivity index is 0.932. The first-order valence-electron chi connectivity index (χ1n) is 51.6. The van der Waals surface area contributed by atoms with Crippen LogP contribution < -0.4 is 69.1 Å². The molecule has 36 heteroatoms. The molecule has 0 unspecified atom stereocenters. The number of hydrogen-bond acceptors (Lipinski definition) is 21. The fourth-order valence-electron chi connectivity index (χ4n) is 23.2. The normalized spacial score (nSPS) is 29.2. The van der Waals surface area contributed by atoms with Gasteiger partial charge in [-0.25, -0.2) is 9.59 Å². The maximum absolute atomic E-state index is 15.7. The summed E-state index contributed by atoms with van der Waals surface area (Å²) in [6.45, 7) is 43.4. The van der Waals surface area contributed by atoms with Gasteiger partial charge in [-0.15, -0.1) is 0 Å². The Kier molecular flexibility index (Phi) is 38.9. The molecule has 6 fully saturated rings. The van der Waals surface area contributed by atoms with Gasteiger partial charge in [0.1, 0.15) is 90.9 Å². The van der Waals surface area contributed by atoms with Gasteiger partial charge in [0.25, 0.3) is 11.6 Å². The first kappa shape index (κ1) is 115. The van der Waals surface area contributed by atoms with Gasteiger partial charge < -0.3 is 93.7 Å². The van der Waals surface area contributed by atoms with Crippen molar-refractivity contribution in [2.45, 2.75) is 373 Å². The number of fused-ring (bicyclic) bond motifs is 7. The molecule has 0 bridgehead atoms. The van der Waals surface area contributed by atoms with Crippen LogP contribution in [0.2, 0.25) is 0 Å². The van der Waals surface area contributed by atoms with Crippen LogP contribution in [-0.4, -0.2) is 213 Å². The summed E-state index contributed by atoms with van der Waals surface area (Å²) >= 11 is 0. The second-order valence-corrected chi connectivity index (χ2v) is 45.2. The average Bonchev–Trinajstić information content (AvgIpc) is 0.699. The van der Waals surface area contributed by atoms with E-state index < -0.39 is 219 Å². The van der Waals surface area contributed by atoms with E-state index in [1.165, 1.54) is 61.6 Å². The average molecular weight is 1980 g/mol. The third-order valence-corrected chi connectivity index (χ3v) is 32.9. The molecule has 2 saturated heterocycles. The summed E-state index contributed by atoms with van der Waals surface area (Å²) in [6.07, 6.45) is 7.82. The fourth-order valence-corrected chi connectivity index (χ4v) is 23.2. The quantitative estimate of drug-likeness (QED) is 0.00775. The van der Waals surface area contributed by atoms with Crippen molar-refractivity contribution in [1.29, 1.82) is 0 Å². The summed E-state index contributed by atoms with van der Waals surface area (Å²) in [7, 11) is 0. The lowest BCUT2D eigenvalue weighted by molar-refractivity contribution is -0.384. The molecule has 0 spiro atoms. The number of carbonyl (C=O) groups is 15. The van der Waals surface area contributed by atoms with Crippen LogP contribution in [-0.2, 0) is 89.6 Å². The lowest BCUT2D eigenvalue weighted by Crippen LogP contribution is -2.66. The molecule has 0 aromatic heterocycles. The molecule has 2 heterocycles. The van der Waals surface area contributed by atoms with E-state index in [9.17, 15) is 63.5 Å². The van der Waals surface area contributed by atoms with Gasteiger partial charge in [-0.3, -0.25) is 72.4 Å². The Hall–Kier alpha value is -10.9. The summed E-state index contributed by atoms with van der Waals surface area (Å²) in [5.74, 6) is -16.0. The molecule has 4 saturated carbocycles. The van der Waals surface area contributed by atoms with E-state index in [0.717, 1.165) is 51.4 Å². The second-order valence-electron chi connectivity index (χ2n) is 45.2. The van der Waals surface area contributed by atoms with Crippen LogP contribution in [0.25, 0.3) is 0 Å². The number of nitro groups is 1. The first-order chi connectivity index (χ1) is 66.5. The molecule has 2 aromatic carbocycles. The zero-order valence-corrected chi connectivity index (χ0v) is 88.0. The fraction of sp³-hybridized carbons (Fsp3) is 0.708. The molecule has 24 atom stereocenters. The zero-order valence-electron chi connectivity index (χ0n) is 88.0. The van der Waals surface area contributed by atoms with Crippen molar-refractivity contribution in [2.24, 2.45) is 91.7 Å². The van der Waals surface area contributed by atoms with Gasteiger partial charge in [0.15, 0.2) is 0 Å². The predicted octanol–water partition coefficient (Wildman–Crippen LogP) is 9.05. The summed E-state index contributed by atoms with van der Waals surface area (Å²) in [5.41, 5.74) is 0.466. The van der Waals surface area contributed by atoms with Gasteiger partial charge in [0, 0.05) is 31.6 Å². The van der Waals surface area contributed by atoms with E-state index in [4.69, 9.17) is 9.47 Å². The van der Waals surface area contributed by atoms with E-state index in [1.807, 2.05) is 0 Å². The highest BCUT2D eigenvalue weighted by Gasteiger charge is 2.70. The maximum atomic E-state index is 15.7. The number of benzene rings is 2. The number of allylic oxidation sites excluding steroid dienone is 3. The first-order valence-corrected chi connectivity index (χ1v) is 51.6. The number of esters is 1. The Morgan fingerprint density at radius 1 is 0.620 bits per heavy atom. The van der Waals surface area contributed by atoms with Gasteiger partial charge in [-0.05, 0) is 220 Å². The summed E-state index contributed by atoms with van der Waals surface area (Å²) < 4.78 is 11.4. The highest BCUT2D eigenvalue weighted by molar-refractivity contribution is 6.03. The molecular weight excluding hydrogens is 1820 g/mol. The van der Waals surface area contributed by atoms with Crippen molar-refractivity contribution < 1.29 is 96.5 Å². The molecule has 0 radical (unpaired) electrons. The monoisotopic (exact) mass is 1980 g/mol. The minimum atomic E-state index is -1.92. The van der Waals surface area contributed by atoms with Gasteiger partial charge >= 0.3 is 12.1 Å². The number of alkyl carbamates (subject to hydrolysis) is 1. The van der Waals surface area contributed by atoms with Gasteiger partial charge in [-0.1, -0.05) is 206 Å². The number of rotatable bonds is 34. The van der Waals surface area contributed by atoms with Crippen molar-refractivity contribution in [3.8, 4) is 0 Å². The van der Waals surface area contributed by atoms with Crippen molar-refractivity contribution >= 4 is 94.5 Å². The van der Waals surface area contributed by atoms with Crippen LogP contribution in [0.3, 0.4) is 0 Å². The van der Waals surface area contributed by atoms with Crippen LogP contribution in [0.5, 0.6) is 0 Å². The lowest BCUT2D eigenvalue weighted by atomic mass is 9.33. The van der Waals surface area contributed by atoms with E-state index >= 15 is 28.8 Å². The minimum Gasteiger partial charge on any atom is -0.458 e. The SMILES string of the molecule is C/C=C1\NC(=O)[C@H](Cc2ccccc2)NC(=O)[C@@H](C(C)C)NC(=O)[C@@H]([C@@H](C)CC)NC(=O)[C@H](NC(=O)[C@H](NC(=O)[C@H](CCCNC(=O)OCc2ccc([N+](=O)[O-])cc2)NC(=O)[C@H]2CCCN2C(=O)[C@H](NC(=O)[C@@H](NC(=O)[C@@H](NC(=O)[C@H](NC(=O)[C@]23CCC(C)(C)C[C@H]2C2=CC[C@@H]4[C@@]5(C)CC[C@H](O)C(C)(C)[C@@H]5CC[C@@]4(C)[C@]2(C)CC3)C(C)C)[C@@H](C)O)C(C)C)C(C)C)[C@@H](C)CC)[C@@H](C)OC(=O)[C@H](C(C)C)NC1=O. The van der Waals surface area contributed by atoms with E-state index in [1.54, 1.807) is 127 Å². The second kappa shape index (κ2) is 48.2. The number of amides is 14. The number of cyclic esters (lactones) is 1. The standard InChI is InChI=1S/C106H163N15O21/c1-25-61(14)82(94(132)118-85-64(17)142-98(136)81(60(12)13)114-86(124)70(27-3)108-88(126)72(53-65-33-29-28-30-34-65)110-90(128)77(56(4)5)111-93(131)83(62(15)26-2)116-96(85)134)115-87(125)71(35-31-51-107-100(138)141-55-66-37-39-67(40-38-66)121(139)140)109-89(127)73-36-32-52-120(73)97(135)80(59(10)11)113-91(129)78(57(6)7)112-95(133)84(63(16)122)117-92(130)79(58(8)9)119-99(137)106-49-47-101(18,19)54-69(106)68-41-42-75-103(22)45-44-76(123)102(20,21)74(103)43-46-105(75,24)104(68,23)48-50-106/h27-30,33-34,37-41,56-64,69,71-85,122-123H,25-26,31-32,35-36,42-55H2,1-24H3,(H,107,138)(H,108,126)(H,109,127)(H,110,128)(H,111,131)(H,112,133)(H,113,129)(H,114,124)(H,115,125)(H,116,134)(H,117,130)(H,118,132)(H,119,137)/b70-27-/t61-,62-,63+,64+,69-,71-,72-,73+,74-,75+,76-,77+,78-,79+,80+,81-,82+,83+,84-,85+,103-,104+,105+,106-/m0/s1. The zero-order chi connectivity index (χ0) is 106.